The molecular formula is C36H38Cl2N8O4. The Morgan fingerprint density at radius 2 is 1.52 bits per heavy atom. The summed E-state index contributed by atoms with van der Waals surface area (Å²) in [5.41, 5.74) is 3.75. The van der Waals surface area contributed by atoms with Crippen LogP contribution in [0.15, 0.2) is 90.5 Å². The Morgan fingerprint density at radius 1 is 0.840 bits per heavy atom. The van der Waals surface area contributed by atoms with E-state index in [9.17, 15) is 4.79 Å². The van der Waals surface area contributed by atoms with E-state index in [1.54, 1.807) is 38.7 Å². The van der Waals surface area contributed by atoms with Crippen LogP contribution in [-0.2, 0) is 21.8 Å². The minimum absolute atomic E-state index is 0.0588. The van der Waals surface area contributed by atoms with E-state index in [1.807, 2.05) is 30.3 Å². The number of aromatic nitrogens is 6. The Morgan fingerprint density at radius 3 is 2.18 bits per heavy atom. The number of ether oxygens (including phenoxy) is 3. The van der Waals surface area contributed by atoms with E-state index in [2.05, 4.69) is 49.2 Å². The lowest BCUT2D eigenvalue weighted by molar-refractivity contribution is -0.190. The third kappa shape index (κ3) is 6.72. The highest BCUT2D eigenvalue weighted by molar-refractivity contribution is 6.35. The summed E-state index contributed by atoms with van der Waals surface area (Å²) < 4.78 is 23.8. The Bertz CT molecular complexity index is 1950. The van der Waals surface area contributed by atoms with Crippen molar-refractivity contribution in [2.24, 2.45) is 0 Å². The minimum Gasteiger partial charge on any atom is -0.491 e. The Hall–Kier alpha value is -4.36. The van der Waals surface area contributed by atoms with Gasteiger partial charge in [-0.1, -0.05) is 42.1 Å². The molecule has 2 saturated heterocycles. The maximum Gasteiger partial charge on any atom is 0.350 e. The molecule has 8 rings (SSSR count). The summed E-state index contributed by atoms with van der Waals surface area (Å²) in [7, 11) is 0. The molecule has 2 aromatic heterocycles. The van der Waals surface area contributed by atoms with Crippen molar-refractivity contribution in [1.82, 2.24) is 29.1 Å². The van der Waals surface area contributed by atoms with Gasteiger partial charge in [0.05, 0.1) is 23.4 Å². The van der Waals surface area contributed by atoms with Gasteiger partial charge in [0.2, 0.25) is 5.79 Å². The summed E-state index contributed by atoms with van der Waals surface area (Å²) in [5.74, 6) is -0.405. The second-order valence-electron chi connectivity index (χ2n) is 13.0. The van der Waals surface area contributed by atoms with E-state index in [1.165, 1.54) is 6.33 Å². The van der Waals surface area contributed by atoms with Crippen molar-refractivity contribution in [3.63, 3.8) is 0 Å². The van der Waals surface area contributed by atoms with E-state index >= 15 is 0 Å². The number of hydrogen-bond donors (Lipinski definition) is 0. The van der Waals surface area contributed by atoms with Crippen LogP contribution in [0.4, 0.5) is 11.4 Å². The van der Waals surface area contributed by atoms with E-state index in [0.29, 0.717) is 28.8 Å². The normalized spacial score (nSPS) is 21.3. The molecule has 14 heteroatoms. The highest BCUT2D eigenvalue weighted by atomic mass is 35.5. The smallest absolute Gasteiger partial charge is 0.350 e. The predicted octanol–water partition coefficient (Wildman–Crippen LogP) is 5.72. The second kappa shape index (κ2) is 14.1. The second-order valence-corrected chi connectivity index (χ2v) is 13.8. The number of piperazine rings is 1. The van der Waals surface area contributed by atoms with Gasteiger partial charge in [-0.15, -0.1) is 0 Å². The molecule has 0 spiro atoms. The maximum absolute atomic E-state index is 13.0. The Balaban J connectivity index is 0.846. The van der Waals surface area contributed by atoms with Crippen molar-refractivity contribution in [2.45, 2.75) is 50.2 Å². The molecule has 4 heterocycles. The van der Waals surface area contributed by atoms with Crippen molar-refractivity contribution in [1.29, 1.82) is 0 Å². The topological polar surface area (TPSA) is 105 Å². The molecule has 1 saturated carbocycles. The predicted molar refractivity (Wildman–Crippen MR) is 191 cm³/mol. The van der Waals surface area contributed by atoms with Crippen molar-refractivity contribution in [2.75, 3.05) is 49.2 Å². The van der Waals surface area contributed by atoms with Crippen LogP contribution < -0.4 is 20.2 Å². The molecule has 0 radical (unpaired) electrons. The number of rotatable bonds is 10. The van der Waals surface area contributed by atoms with Crippen LogP contribution >= 0.6 is 23.2 Å². The molecule has 2 atom stereocenters. The molecule has 0 bridgehead atoms. The molecule has 260 valence electrons. The minimum atomic E-state index is -1.16. The molecule has 1 aliphatic carbocycles. The molecule has 3 aliphatic rings. The SMILES string of the molecule is O=c1n(-c2ccc(N3CCN(c4ccc(OCC5COC(Cn6cncn6)(c6ccc(Cl)cc6Cl)O5)cc4)CC3)cc2)cnn1C1CCCC1. The number of anilines is 2. The van der Waals surface area contributed by atoms with E-state index in [0.717, 1.165) is 74.7 Å². The first-order valence-corrected chi connectivity index (χ1v) is 17.8. The van der Waals surface area contributed by atoms with Gasteiger partial charge in [-0.2, -0.15) is 10.2 Å². The standard InChI is InChI=1S/C36H38Cl2N8O4/c37-26-5-14-33(34(38)19-26)36(22-44-24-39-23-40-44)49-21-32(50-36)20-48-31-12-10-28(11-13-31)43-17-15-42(16-18-43)27-6-8-29(9-7-27)45-25-41-46(35(45)47)30-3-1-2-4-30/h5-14,19,23-25,30,32H,1-4,15-18,20-22H2. The van der Waals surface area contributed by atoms with Gasteiger partial charge < -0.3 is 24.0 Å². The molecule has 12 nitrogen and oxygen atoms in total. The zero-order chi connectivity index (χ0) is 34.1. The van der Waals surface area contributed by atoms with Gasteiger partial charge in [-0.25, -0.2) is 23.7 Å². The molecule has 0 N–H and O–H groups in total. The average molecular weight is 718 g/mol. The number of benzene rings is 3. The van der Waals surface area contributed by atoms with E-state index < -0.39 is 5.79 Å². The van der Waals surface area contributed by atoms with Gasteiger partial charge in [-0.05, 0) is 73.5 Å². The van der Waals surface area contributed by atoms with Gasteiger partial charge in [0.25, 0.3) is 0 Å². The fourth-order valence-electron chi connectivity index (χ4n) is 7.16. The van der Waals surface area contributed by atoms with Crippen LogP contribution in [0.3, 0.4) is 0 Å². The molecule has 50 heavy (non-hydrogen) atoms. The summed E-state index contributed by atoms with van der Waals surface area (Å²) in [6, 6.07) is 21.9. The lowest BCUT2D eigenvalue weighted by Gasteiger charge is -2.37. The Kier molecular flexibility index (Phi) is 9.26. The molecule has 3 aromatic carbocycles. The monoisotopic (exact) mass is 716 g/mol. The molecule has 0 amide bonds. The summed E-state index contributed by atoms with van der Waals surface area (Å²) >= 11 is 12.7. The first-order chi connectivity index (χ1) is 24.4. The van der Waals surface area contributed by atoms with Crippen LogP contribution in [0.5, 0.6) is 5.75 Å². The lowest BCUT2D eigenvalue weighted by atomic mass is 10.1. The van der Waals surface area contributed by atoms with Gasteiger partial charge in [0.1, 0.15) is 44.0 Å². The highest BCUT2D eigenvalue weighted by Crippen LogP contribution is 2.40. The van der Waals surface area contributed by atoms with Crippen LogP contribution in [0.1, 0.15) is 37.3 Å². The average Bonchev–Trinajstić information content (AvgIpc) is 3.97. The first kappa shape index (κ1) is 32.8. The fraction of sp³-hybridized carbons (Fsp3) is 0.389. The van der Waals surface area contributed by atoms with E-state index in [4.69, 9.17) is 37.4 Å². The number of halogens is 2. The zero-order valence-corrected chi connectivity index (χ0v) is 29.0. The highest BCUT2D eigenvalue weighted by Gasteiger charge is 2.45. The van der Waals surface area contributed by atoms with Crippen molar-refractivity contribution in [3.8, 4) is 11.4 Å². The summed E-state index contributed by atoms with van der Waals surface area (Å²) in [6.07, 6.45) is 8.78. The molecule has 2 unspecified atom stereocenters. The molecule has 2 aliphatic heterocycles. The van der Waals surface area contributed by atoms with Crippen LogP contribution in [0.25, 0.3) is 5.69 Å². The van der Waals surface area contributed by atoms with Crippen LogP contribution in [0, 0.1) is 0 Å². The van der Waals surface area contributed by atoms with Gasteiger partial charge in [0, 0.05) is 48.1 Å². The number of nitrogens with zero attached hydrogens (tertiary/aromatic N) is 8. The molecule has 3 fully saturated rings. The number of hydrogen-bond acceptors (Lipinski definition) is 9. The Labute approximate surface area is 299 Å². The van der Waals surface area contributed by atoms with Gasteiger partial charge >= 0.3 is 5.69 Å². The quantitative estimate of drug-likeness (QED) is 0.180. The molecule has 5 aromatic rings. The summed E-state index contributed by atoms with van der Waals surface area (Å²) in [4.78, 5) is 21.8. The first-order valence-electron chi connectivity index (χ1n) is 17.0. The lowest BCUT2D eigenvalue weighted by Crippen LogP contribution is -2.46. The summed E-state index contributed by atoms with van der Waals surface area (Å²) in [5, 5.41) is 9.62. The van der Waals surface area contributed by atoms with Crippen LogP contribution in [0.2, 0.25) is 10.0 Å². The van der Waals surface area contributed by atoms with E-state index in [-0.39, 0.29) is 24.4 Å². The third-order valence-electron chi connectivity index (χ3n) is 9.81. The maximum atomic E-state index is 13.0. The van der Waals surface area contributed by atoms with Crippen LogP contribution in [-0.4, -0.2) is 74.6 Å². The van der Waals surface area contributed by atoms with Crippen molar-refractivity contribution >= 4 is 34.6 Å². The molecular weight excluding hydrogens is 679 g/mol. The van der Waals surface area contributed by atoms with Gasteiger partial charge in [-0.3, -0.25) is 0 Å². The zero-order valence-electron chi connectivity index (χ0n) is 27.5. The van der Waals surface area contributed by atoms with Crippen molar-refractivity contribution in [3.05, 3.63) is 112 Å². The third-order valence-corrected chi connectivity index (χ3v) is 10.4. The summed E-state index contributed by atoms with van der Waals surface area (Å²) in [6.45, 7) is 4.47. The van der Waals surface area contributed by atoms with Gasteiger partial charge in [0.15, 0.2) is 0 Å². The van der Waals surface area contributed by atoms with Crippen molar-refractivity contribution < 1.29 is 14.2 Å². The largest absolute Gasteiger partial charge is 0.491 e. The fourth-order valence-corrected chi connectivity index (χ4v) is 7.72.